The van der Waals surface area contributed by atoms with Crippen molar-refractivity contribution in [3.05, 3.63) is 0 Å². The molecule has 0 spiro atoms. The number of likely N-dealkylation sites (tertiary alicyclic amines) is 1. The summed E-state index contributed by atoms with van der Waals surface area (Å²) in [5, 5.41) is 3.31. The van der Waals surface area contributed by atoms with Crippen LogP contribution >= 0.6 is 0 Å². The first-order chi connectivity index (χ1) is 16.6. The van der Waals surface area contributed by atoms with Crippen LogP contribution in [0.15, 0.2) is 0 Å². The molecule has 1 aliphatic rings. The van der Waals surface area contributed by atoms with Crippen molar-refractivity contribution in [2.75, 3.05) is 14.1 Å². The molecule has 6 heteroatoms. The Kier molecular flexibility index (Phi) is 13.4. The maximum absolute atomic E-state index is 12.4. The molecular formula is C30H58N2O4. The van der Waals surface area contributed by atoms with Gasteiger partial charge in [0.1, 0.15) is 12.2 Å². The predicted octanol–water partition coefficient (Wildman–Crippen LogP) is 6.65. The van der Waals surface area contributed by atoms with Gasteiger partial charge in [0.15, 0.2) is 0 Å². The van der Waals surface area contributed by atoms with Crippen LogP contribution in [0.5, 0.6) is 0 Å². The smallest absolute Gasteiger partial charge is 0.306 e. The number of esters is 2. The summed E-state index contributed by atoms with van der Waals surface area (Å²) < 4.78 is 11.7. The molecule has 1 atom stereocenters. The molecule has 0 bridgehead atoms. The van der Waals surface area contributed by atoms with Gasteiger partial charge in [-0.1, -0.05) is 39.5 Å². The number of piperidine rings is 1. The molecule has 0 aliphatic carbocycles. The zero-order chi connectivity index (χ0) is 27.6. The highest BCUT2D eigenvalue weighted by Gasteiger charge is 2.44. The molecule has 36 heavy (non-hydrogen) atoms. The van der Waals surface area contributed by atoms with Crippen molar-refractivity contribution in [2.45, 2.75) is 161 Å². The fourth-order valence-electron chi connectivity index (χ4n) is 5.47. The van der Waals surface area contributed by atoms with E-state index in [0.29, 0.717) is 18.8 Å². The summed E-state index contributed by atoms with van der Waals surface area (Å²) >= 11 is 0. The third-order valence-electron chi connectivity index (χ3n) is 8.03. The van der Waals surface area contributed by atoms with Crippen molar-refractivity contribution < 1.29 is 19.1 Å². The molecule has 0 radical (unpaired) electrons. The molecule has 0 aromatic heterocycles. The van der Waals surface area contributed by atoms with E-state index in [1.165, 1.54) is 0 Å². The van der Waals surface area contributed by atoms with Crippen molar-refractivity contribution in [1.29, 1.82) is 0 Å². The minimum absolute atomic E-state index is 0.00268. The zero-order valence-corrected chi connectivity index (χ0v) is 25.3. The van der Waals surface area contributed by atoms with Gasteiger partial charge in [-0.15, -0.1) is 0 Å². The number of carbonyl (C=O) groups excluding carboxylic acids is 2. The van der Waals surface area contributed by atoms with E-state index in [4.69, 9.17) is 9.47 Å². The lowest BCUT2D eigenvalue weighted by Crippen LogP contribution is -2.60. The Morgan fingerprint density at radius 2 is 1.39 bits per heavy atom. The molecule has 6 nitrogen and oxygen atoms in total. The van der Waals surface area contributed by atoms with Crippen molar-refractivity contribution in [3.8, 4) is 0 Å². The van der Waals surface area contributed by atoms with Gasteiger partial charge in [-0.3, -0.25) is 14.5 Å². The van der Waals surface area contributed by atoms with E-state index in [0.717, 1.165) is 64.2 Å². The number of hydrogen-bond donors (Lipinski definition) is 1. The van der Waals surface area contributed by atoms with Gasteiger partial charge < -0.3 is 14.8 Å². The number of rotatable bonds is 16. The Morgan fingerprint density at radius 1 is 0.917 bits per heavy atom. The highest BCUT2D eigenvalue weighted by Crippen LogP contribution is 2.38. The summed E-state index contributed by atoms with van der Waals surface area (Å²) in [4.78, 5) is 27.2. The first kappa shape index (κ1) is 32.9. The first-order valence-electron chi connectivity index (χ1n) is 14.4. The summed E-state index contributed by atoms with van der Waals surface area (Å²) in [6, 6.07) is 0. The molecule has 0 amide bonds. The molecule has 0 saturated carbocycles. The van der Waals surface area contributed by atoms with Gasteiger partial charge in [-0.2, -0.15) is 0 Å². The number of ether oxygens (including phenoxy) is 2. The SMILES string of the molecule is CNC(C)(C)CC(CC(C)C)OC(=O)CCCCCCCCC(=O)OC1CC(C)(C)N(C)C(C)(C)C1. The summed E-state index contributed by atoms with van der Waals surface area (Å²) in [7, 11) is 4.12. The van der Waals surface area contributed by atoms with Crippen molar-refractivity contribution in [3.63, 3.8) is 0 Å². The van der Waals surface area contributed by atoms with Crippen LogP contribution in [0.2, 0.25) is 0 Å². The summed E-state index contributed by atoms with van der Waals surface area (Å²) in [6.45, 7) is 17.5. The van der Waals surface area contributed by atoms with Crippen LogP contribution < -0.4 is 5.32 Å². The van der Waals surface area contributed by atoms with E-state index < -0.39 is 0 Å². The van der Waals surface area contributed by atoms with Crippen LogP contribution in [0.25, 0.3) is 0 Å². The van der Waals surface area contributed by atoms with E-state index in [9.17, 15) is 9.59 Å². The molecule has 1 N–H and O–H groups in total. The quantitative estimate of drug-likeness (QED) is 0.185. The third kappa shape index (κ3) is 12.4. The maximum atomic E-state index is 12.4. The maximum Gasteiger partial charge on any atom is 0.306 e. The number of nitrogens with one attached hydrogen (secondary N) is 1. The first-order valence-corrected chi connectivity index (χ1v) is 14.4. The molecular weight excluding hydrogens is 452 g/mol. The average Bonchev–Trinajstić information content (AvgIpc) is 2.72. The highest BCUT2D eigenvalue weighted by atomic mass is 16.5. The topological polar surface area (TPSA) is 67.9 Å². The third-order valence-corrected chi connectivity index (χ3v) is 8.03. The second-order valence-electron chi connectivity index (χ2n) is 13.4. The van der Waals surface area contributed by atoms with Crippen molar-refractivity contribution in [1.82, 2.24) is 10.2 Å². The molecule has 1 aliphatic heterocycles. The molecule has 1 rings (SSSR count). The monoisotopic (exact) mass is 510 g/mol. The minimum atomic E-state index is -0.0736. The largest absolute Gasteiger partial charge is 0.462 e. The number of nitrogens with zero attached hydrogens (tertiary/aromatic N) is 1. The van der Waals surface area contributed by atoms with Gasteiger partial charge in [0.05, 0.1) is 0 Å². The van der Waals surface area contributed by atoms with Crippen LogP contribution in [-0.4, -0.2) is 59.8 Å². The fraction of sp³-hybridized carbons (Fsp3) is 0.933. The van der Waals surface area contributed by atoms with Crippen LogP contribution in [0, 0.1) is 5.92 Å². The highest BCUT2D eigenvalue weighted by molar-refractivity contribution is 5.69. The van der Waals surface area contributed by atoms with Crippen LogP contribution in [0.3, 0.4) is 0 Å². The summed E-state index contributed by atoms with van der Waals surface area (Å²) in [6.07, 6.45) is 10.4. The second kappa shape index (κ2) is 14.7. The molecule has 0 aromatic carbocycles. The van der Waals surface area contributed by atoms with Crippen molar-refractivity contribution in [2.24, 2.45) is 5.92 Å². The van der Waals surface area contributed by atoms with Gasteiger partial charge in [-0.05, 0) is 80.8 Å². The average molecular weight is 511 g/mol. The van der Waals surface area contributed by atoms with E-state index in [-0.39, 0.29) is 40.8 Å². The fourth-order valence-corrected chi connectivity index (χ4v) is 5.47. The lowest BCUT2D eigenvalue weighted by molar-refractivity contribution is -0.159. The Labute approximate surface area is 222 Å². The Morgan fingerprint density at radius 3 is 1.86 bits per heavy atom. The Bertz CT molecular complexity index is 629. The van der Waals surface area contributed by atoms with Crippen LogP contribution in [-0.2, 0) is 19.1 Å². The molecule has 1 unspecified atom stereocenters. The van der Waals surface area contributed by atoms with Crippen LogP contribution in [0.4, 0.5) is 0 Å². The minimum Gasteiger partial charge on any atom is -0.462 e. The summed E-state index contributed by atoms with van der Waals surface area (Å²) in [5.74, 6) is 0.364. The molecule has 1 fully saturated rings. The lowest BCUT2D eigenvalue weighted by Gasteiger charge is -2.53. The molecule has 1 saturated heterocycles. The number of unbranched alkanes of at least 4 members (excludes halogenated alkanes) is 5. The van der Waals surface area contributed by atoms with Crippen LogP contribution in [0.1, 0.15) is 132 Å². The number of hydrogen-bond acceptors (Lipinski definition) is 6. The summed E-state index contributed by atoms with van der Waals surface area (Å²) in [5.41, 5.74) is 0.00206. The lowest BCUT2D eigenvalue weighted by atomic mass is 9.79. The normalized spacial score (nSPS) is 19.3. The Balaban J connectivity index is 2.19. The Hall–Kier alpha value is -1.14. The van der Waals surface area contributed by atoms with Gasteiger partial charge in [-0.25, -0.2) is 0 Å². The van der Waals surface area contributed by atoms with E-state index in [1.54, 1.807) is 0 Å². The molecule has 0 aromatic rings. The standard InChI is InChI=1S/C30H58N2O4/c1-23(2)19-24(20-28(3,4)31-9)35-26(33)17-15-13-11-12-14-16-18-27(34)36-25-21-29(5,6)32(10)30(7,8)22-25/h23-25,31H,11-22H2,1-10H3. The van der Waals surface area contributed by atoms with E-state index in [1.807, 2.05) is 7.05 Å². The van der Waals surface area contributed by atoms with Gasteiger partial charge in [0.2, 0.25) is 0 Å². The molecule has 1 heterocycles. The van der Waals surface area contributed by atoms with Crippen molar-refractivity contribution >= 4 is 11.9 Å². The molecule has 212 valence electrons. The second-order valence-corrected chi connectivity index (χ2v) is 13.4. The van der Waals surface area contributed by atoms with E-state index in [2.05, 4.69) is 72.7 Å². The van der Waals surface area contributed by atoms with Gasteiger partial charge in [0.25, 0.3) is 0 Å². The van der Waals surface area contributed by atoms with Gasteiger partial charge >= 0.3 is 11.9 Å². The van der Waals surface area contributed by atoms with Gasteiger partial charge in [0, 0.05) is 48.7 Å². The van der Waals surface area contributed by atoms with E-state index >= 15 is 0 Å². The predicted molar refractivity (Wildman–Crippen MR) is 149 cm³/mol. The zero-order valence-electron chi connectivity index (χ0n) is 25.3. The number of carbonyl (C=O) groups is 2.